The monoisotopic (exact) mass is 226 g/mol. The van der Waals surface area contributed by atoms with Crippen LogP contribution < -0.4 is 0 Å². The van der Waals surface area contributed by atoms with Gasteiger partial charge in [0.1, 0.15) is 0 Å². The Morgan fingerprint density at radius 3 is 2.27 bits per heavy atom. The summed E-state index contributed by atoms with van der Waals surface area (Å²) in [6.07, 6.45) is 0.933. The Bertz CT molecular complexity index is 445. The zero-order valence-corrected chi connectivity index (χ0v) is 10.6. The first-order valence-corrected chi connectivity index (χ1v) is 6.77. The minimum atomic E-state index is -3.13. The molecule has 1 rings (SSSR count). The second-order valence-corrected chi connectivity index (χ2v) is 6.52. The fourth-order valence-electron chi connectivity index (χ4n) is 1.50. The van der Waals surface area contributed by atoms with E-state index in [9.17, 15) is 8.42 Å². The molecule has 0 amide bonds. The highest BCUT2D eigenvalue weighted by molar-refractivity contribution is 7.92. The van der Waals surface area contributed by atoms with Gasteiger partial charge in [-0.2, -0.15) is 0 Å². The Balaban J connectivity index is 3.29. The summed E-state index contributed by atoms with van der Waals surface area (Å²) in [6, 6.07) is 5.57. The van der Waals surface area contributed by atoms with E-state index in [-0.39, 0.29) is 5.25 Å². The number of hydrogen-bond donors (Lipinski definition) is 0. The van der Waals surface area contributed by atoms with Gasteiger partial charge in [0.15, 0.2) is 9.84 Å². The molecule has 0 fully saturated rings. The average Bonchev–Trinajstić information content (AvgIpc) is 2.16. The van der Waals surface area contributed by atoms with Crippen LogP contribution in [0.5, 0.6) is 0 Å². The van der Waals surface area contributed by atoms with Crippen molar-refractivity contribution in [1.29, 1.82) is 0 Å². The quantitative estimate of drug-likeness (QED) is 0.794. The first-order chi connectivity index (χ1) is 6.89. The predicted octanol–water partition coefficient (Wildman–Crippen LogP) is 2.74. The molecule has 2 nitrogen and oxygen atoms in total. The molecular weight excluding hydrogens is 208 g/mol. The molecule has 0 N–H and O–H groups in total. The zero-order chi connectivity index (χ0) is 11.6. The summed E-state index contributed by atoms with van der Waals surface area (Å²) in [7, 11) is -3.13. The van der Waals surface area contributed by atoms with Crippen LogP contribution in [0.1, 0.15) is 31.9 Å². The third-order valence-corrected chi connectivity index (χ3v) is 4.89. The summed E-state index contributed by atoms with van der Waals surface area (Å²) in [5.74, 6) is 0. The van der Waals surface area contributed by atoms with E-state index in [0.29, 0.717) is 4.90 Å². The van der Waals surface area contributed by atoms with Crippen LogP contribution in [0.3, 0.4) is 0 Å². The Kier molecular flexibility index (Phi) is 3.55. The van der Waals surface area contributed by atoms with Crippen LogP contribution in [0.15, 0.2) is 23.1 Å². The Morgan fingerprint density at radius 2 is 1.87 bits per heavy atom. The first-order valence-electron chi connectivity index (χ1n) is 5.23. The van der Waals surface area contributed by atoms with Gasteiger partial charge in [-0.25, -0.2) is 8.42 Å². The minimum Gasteiger partial charge on any atom is -0.223 e. The van der Waals surface area contributed by atoms with Crippen molar-refractivity contribution in [1.82, 2.24) is 0 Å². The standard InChI is InChI=1S/C12H18O2S/c1-5-11-6-7-12(10(4)8-11)15(13,14)9(2)3/h6-9H,5H2,1-4H3. The third kappa shape index (κ3) is 2.40. The van der Waals surface area contributed by atoms with Crippen LogP contribution in [0, 0.1) is 6.92 Å². The van der Waals surface area contributed by atoms with Gasteiger partial charge >= 0.3 is 0 Å². The first kappa shape index (κ1) is 12.2. The van der Waals surface area contributed by atoms with Crippen molar-refractivity contribution in [3.63, 3.8) is 0 Å². The molecule has 1 aromatic carbocycles. The van der Waals surface area contributed by atoms with Crippen LogP contribution in [0.2, 0.25) is 0 Å². The summed E-state index contributed by atoms with van der Waals surface area (Å²) in [4.78, 5) is 0.467. The molecular formula is C12H18O2S. The topological polar surface area (TPSA) is 34.1 Å². The molecule has 0 aliphatic rings. The molecule has 0 saturated heterocycles. The number of rotatable bonds is 3. The van der Waals surface area contributed by atoms with E-state index in [2.05, 4.69) is 6.92 Å². The second kappa shape index (κ2) is 4.35. The van der Waals surface area contributed by atoms with E-state index < -0.39 is 9.84 Å². The lowest BCUT2D eigenvalue weighted by atomic mass is 10.1. The number of aryl methyl sites for hydroxylation is 2. The van der Waals surface area contributed by atoms with Crippen LogP contribution in [-0.2, 0) is 16.3 Å². The molecule has 0 saturated carbocycles. The highest BCUT2D eigenvalue weighted by atomic mass is 32.2. The third-order valence-electron chi connectivity index (χ3n) is 2.57. The van der Waals surface area contributed by atoms with E-state index in [1.54, 1.807) is 19.9 Å². The van der Waals surface area contributed by atoms with Crippen molar-refractivity contribution in [2.45, 2.75) is 44.3 Å². The van der Waals surface area contributed by atoms with Crippen molar-refractivity contribution >= 4 is 9.84 Å². The molecule has 0 aliphatic heterocycles. The number of sulfone groups is 1. The van der Waals surface area contributed by atoms with Crippen molar-refractivity contribution < 1.29 is 8.42 Å². The Morgan fingerprint density at radius 1 is 1.27 bits per heavy atom. The average molecular weight is 226 g/mol. The largest absolute Gasteiger partial charge is 0.223 e. The lowest BCUT2D eigenvalue weighted by molar-refractivity contribution is 0.586. The molecule has 0 heterocycles. The maximum Gasteiger partial charge on any atom is 0.180 e. The van der Waals surface area contributed by atoms with Gasteiger partial charge in [-0.15, -0.1) is 0 Å². The van der Waals surface area contributed by atoms with Gasteiger partial charge in [-0.3, -0.25) is 0 Å². The van der Waals surface area contributed by atoms with Gasteiger partial charge in [0.2, 0.25) is 0 Å². The van der Waals surface area contributed by atoms with Crippen molar-refractivity contribution in [3.8, 4) is 0 Å². The minimum absolute atomic E-state index is 0.358. The Labute approximate surface area is 92.2 Å². The van der Waals surface area contributed by atoms with Gasteiger partial charge < -0.3 is 0 Å². The van der Waals surface area contributed by atoms with Crippen molar-refractivity contribution in [2.75, 3.05) is 0 Å². The molecule has 0 aromatic heterocycles. The van der Waals surface area contributed by atoms with Crippen molar-refractivity contribution in [2.24, 2.45) is 0 Å². The lowest BCUT2D eigenvalue weighted by Crippen LogP contribution is -2.15. The molecule has 84 valence electrons. The van der Waals surface area contributed by atoms with E-state index in [0.717, 1.165) is 12.0 Å². The second-order valence-electron chi connectivity index (χ2n) is 4.05. The summed E-state index contributed by atoms with van der Waals surface area (Å²) in [6.45, 7) is 7.34. The molecule has 0 radical (unpaired) electrons. The van der Waals surface area contributed by atoms with Crippen LogP contribution in [-0.4, -0.2) is 13.7 Å². The normalized spacial score (nSPS) is 12.1. The van der Waals surface area contributed by atoms with Gasteiger partial charge in [0.25, 0.3) is 0 Å². The smallest absolute Gasteiger partial charge is 0.180 e. The zero-order valence-electron chi connectivity index (χ0n) is 9.74. The molecule has 15 heavy (non-hydrogen) atoms. The molecule has 0 spiro atoms. The fourth-order valence-corrected chi connectivity index (χ4v) is 2.78. The van der Waals surface area contributed by atoms with E-state index in [4.69, 9.17) is 0 Å². The van der Waals surface area contributed by atoms with Gasteiger partial charge in [-0.05, 0) is 44.4 Å². The fraction of sp³-hybridized carbons (Fsp3) is 0.500. The van der Waals surface area contributed by atoms with Crippen LogP contribution in [0.4, 0.5) is 0 Å². The lowest BCUT2D eigenvalue weighted by Gasteiger charge is -2.11. The summed E-state index contributed by atoms with van der Waals surface area (Å²) >= 11 is 0. The maximum atomic E-state index is 12.0. The molecule has 0 bridgehead atoms. The van der Waals surface area contributed by atoms with Gasteiger partial charge in [0, 0.05) is 0 Å². The maximum absolute atomic E-state index is 12.0. The van der Waals surface area contributed by atoms with E-state index >= 15 is 0 Å². The molecule has 0 atom stereocenters. The Hall–Kier alpha value is -0.830. The highest BCUT2D eigenvalue weighted by Gasteiger charge is 2.20. The van der Waals surface area contributed by atoms with E-state index in [1.807, 2.05) is 19.1 Å². The SMILES string of the molecule is CCc1ccc(S(=O)(=O)C(C)C)c(C)c1. The van der Waals surface area contributed by atoms with E-state index in [1.165, 1.54) is 5.56 Å². The summed E-state index contributed by atoms with van der Waals surface area (Å²) in [5.41, 5.74) is 2.03. The molecule has 1 aromatic rings. The van der Waals surface area contributed by atoms with Crippen molar-refractivity contribution in [3.05, 3.63) is 29.3 Å². The summed E-state index contributed by atoms with van der Waals surface area (Å²) in [5, 5.41) is -0.358. The summed E-state index contributed by atoms with van der Waals surface area (Å²) < 4.78 is 23.9. The number of benzene rings is 1. The van der Waals surface area contributed by atoms with Crippen LogP contribution >= 0.6 is 0 Å². The molecule has 0 aliphatic carbocycles. The van der Waals surface area contributed by atoms with Crippen LogP contribution in [0.25, 0.3) is 0 Å². The van der Waals surface area contributed by atoms with Gasteiger partial charge in [-0.1, -0.05) is 19.1 Å². The highest BCUT2D eigenvalue weighted by Crippen LogP contribution is 2.21. The molecule has 0 unspecified atom stereocenters. The number of hydrogen-bond acceptors (Lipinski definition) is 2. The van der Waals surface area contributed by atoms with Gasteiger partial charge in [0.05, 0.1) is 10.1 Å². The molecule has 3 heteroatoms. The predicted molar refractivity (Wildman–Crippen MR) is 62.9 cm³/mol.